The lowest BCUT2D eigenvalue weighted by Crippen LogP contribution is -2.22. The summed E-state index contributed by atoms with van der Waals surface area (Å²) in [7, 11) is 0. The maximum absolute atomic E-state index is 1.64. The third-order valence-electron chi connectivity index (χ3n) is 5.89. The molecule has 0 aliphatic heterocycles. The first-order valence-electron chi connectivity index (χ1n) is 6.43. The van der Waals surface area contributed by atoms with Gasteiger partial charge in [0, 0.05) is 0 Å². The van der Waals surface area contributed by atoms with Crippen LogP contribution in [0, 0.1) is 35.5 Å². The first-order valence-corrected chi connectivity index (χ1v) is 6.43. The van der Waals surface area contributed by atoms with Crippen LogP contribution in [-0.2, 0) is 0 Å². The van der Waals surface area contributed by atoms with Crippen molar-refractivity contribution >= 4 is 0 Å². The standard InChI is InChI=1S/C13H20/c1-2-8-6-9(3-1)13-11-5-4-10(7-11)12(8)13/h8-13H,1-7H2. The van der Waals surface area contributed by atoms with Gasteiger partial charge in [0.05, 0.1) is 0 Å². The van der Waals surface area contributed by atoms with Crippen LogP contribution in [0.1, 0.15) is 44.9 Å². The van der Waals surface area contributed by atoms with Gasteiger partial charge >= 0.3 is 0 Å². The van der Waals surface area contributed by atoms with E-state index in [1.807, 2.05) is 0 Å². The van der Waals surface area contributed by atoms with Gasteiger partial charge in [-0.2, -0.15) is 0 Å². The summed E-state index contributed by atoms with van der Waals surface area (Å²) < 4.78 is 0. The zero-order valence-electron chi connectivity index (χ0n) is 8.41. The molecule has 0 heteroatoms. The number of hydrogen-bond acceptors (Lipinski definition) is 0. The minimum absolute atomic E-state index is 1.19. The second kappa shape index (κ2) is 2.32. The van der Waals surface area contributed by atoms with Gasteiger partial charge in [0.25, 0.3) is 0 Å². The van der Waals surface area contributed by atoms with Crippen LogP contribution < -0.4 is 0 Å². The monoisotopic (exact) mass is 176 g/mol. The molecule has 0 spiro atoms. The van der Waals surface area contributed by atoms with Crippen LogP contribution in [0.2, 0.25) is 0 Å². The molecular formula is C13H20. The molecule has 4 bridgehead atoms. The van der Waals surface area contributed by atoms with Crippen molar-refractivity contribution in [3.8, 4) is 0 Å². The average Bonchev–Trinajstić information content (AvgIpc) is 2.80. The van der Waals surface area contributed by atoms with Crippen molar-refractivity contribution in [2.24, 2.45) is 35.5 Å². The molecule has 4 fully saturated rings. The van der Waals surface area contributed by atoms with E-state index in [9.17, 15) is 0 Å². The highest BCUT2D eigenvalue weighted by molar-refractivity contribution is 5.06. The van der Waals surface area contributed by atoms with Gasteiger partial charge in [0.15, 0.2) is 0 Å². The van der Waals surface area contributed by atoms with Gasteiger partial charge in [0.2, 0.25) is 0 Å². The third kappa shape index (κ3) is 0.789. The summed E-state index contributed by atoms with van der Waals surface area (Å²) in [6.07, 6.45) is 11.3. The van der Waals surface area contributed by atoms with Gasteiger partial charge in [-0.1, -0.05) is 19.3 Å². The third-order valence-corrected chi connectivity index (χ3v) is 5.89. The predicted octanol–water partition coefficient (Wildman–Crippen LogP) is 3.47. The molecule has 6 unspecified atom stereocenters. The van der Waals surface area contributed by atoms with Gasteiger partial charge in [-0.25, -0.2) is 0 Å². The summed E-state index contributed by atoms with van der Waals surface area (Å²) in [5.41, 5.74) is 0. The molecule has 0 aromatic carbocycles. The molecular weight excluding hydrogens is 156 g/mol. The normalized spacial score (nSPS) is 62.8. The van der Waals surface area contributed by atoms with Crippen LogP contribution in [0.4, 0.5) is 0 Å². The topological polar surface area (TPSA) is 0 Å². The van der Waals surface area contributed by atoms with Crippen molar-refractivity contribution < 1.29 is 0 Å². The van der Waals surface area contributed by atoms with E-state index in [4.69, 9.17) is 0 Å². The average molecular weight is 176 g/mol. The molecule has 0 amide bonds. The summed E-state index contributed by atoms with van der Waals surface area (Å²) in [6, 6.07) is 0. The Kier molecular flexibility index (Phi) is 1.31. The number of hydrogen-bond donors (Lipinski definition) is 0. The molecule has 72 valence electrons. The highest BCUT2D eigenvalue weighted by atomic mass is 14.6. The van der Waals surface area contributed by atoms with Gasteiger partial charge in [0.1, 0.15) is 0 Å². The van der Waals surface area contributed by atoms with Crippen molar-refractivity contribution in [3.63, 3.8) is 0 Å². The summed E-state index contributed by atoms with van der Waals surface area (Å²) in [6.45, 7) is 0. The zero-order valence-corrected chi connectivity index (χ0v) is 8.41. The molecule has 4 rings (SSSR count). The van der Waals surface area contributed by atoms with Crippen LogP contribution in [0.5, 0.6) is 0 Å². The Balaban J connectivity index is 1.74. The van der Waals surface area contributed by atoms with Gasteiger partial charge in [-0.15, -0.1) is 0 Å². The molecule has 0 nitrogen and oxygen atoms in total. The highest BCUT2D eigenvalue weighted by Crippen LogP contribution is 2.65. The maximum atomic E-state index is 1.64. The summed E-state index contributed by atoms with van der Waals surface area (Å²) in [5, 5.41) is 0. The Morgan fingerprint density at radius 2 is 1.00 bits per heavy atom. The molecule has 0 aromatic heterocycles. The highest BCUT2D eigenvalue weighted by Gasteiger charge is 2.57. The molecule has 0 saturated heterocycles. The summed E-state index contributed by atoms with van der Waals surface area (Å²) in [4.78, 5) is 0. The van der Waals surface area contributed by atoms with E-state index >= 15 is 0 Å². The van der Waals surface area contributed by atoms with Crippen molar-refractivity contribution in [2.75, 3.05) is 0 Å². The summed E-state index contributed by atoms with van der Waals surface area (Å²) in [5.74, 6) is 7.24. The predicted molar refractivity (Wildman–Crippen MR) is 53.3 cm³/mol. The van der Waals surface area contributed by atoms with Gasteiger partial charge in [-0.05, 0) is 61.2 Å². The fourth-order valence-electron chi connectivity index (χ4n) is 5.74. The van der Waals surface area contributed by atoms with Crippen molar-refractivity contribution in [1.82, 2.24) is 0 Å². The minimum Gasteiger partial charge on any atom is -0.0528 e. The minimum atomic E-state index is 1.19. The van der Waals surface area contributed by atoms with E-state index in [1.54, 1.807) is 44.9 Å². The van der Waals surface area contributed by atoms with Gasteiger partial charge < -0.3 is 0 Å². The van der Waals surface area contributed by atoms with Crippen LogP contribution in [0.25, 0.3) is 0 Å². The van der Waals surface area contributed by atoms with E-state index in [-0.39, 0.29) is 0 Å². The second-order valence-electron chi connectivity index (χ2n) is 6.17. The Morgan fingerprint density at radius 3 is 1.54 bits per heavy atom. The fourth-order valence-corrected chi connectivity index (χ4v) is 5.74. The van der Waals surface area contributed by atoms with E-state index in [0.29, 0.717) is 0 Å². The van der Waals surface area contributed by atoms with Crippen molar-refractivity contribution in [3.05, 3.63) is 0 Å². The van der Waals surface area contributed by atoms with Gasteiger partial charge in [-0.3, -0.25) is 0 Å². The maximum Gasteiger partial charge on any atom is -0.0323 e. The largest absolute Gasteiger partial charge is 0.0528 e. The zero-order chi connectivity index (χ0) is 8.41. The second-order valence-corrected chi connectivity index (χ2v) is 6.17. The van der Waals surface area contributed by atoms with E-state index in [2.05, 4.69) is 0 Å². The van der Waals surface area contributed by atoms with Crippen LogP contribution in [-0.4, -0.2) is 0 Å². The van der Waals surface area contributed by atoms with Crippen molar-refractivity contribution in [1.29, 1.82) is 0 Å². The quantitative estimate of drug-likeness (QED) is 0.496. The summed E-state index contributed by atoms with van der Waals surface area (Å²) >= 11 is 0. The molecule has 13 heavy (non-hydrogen) atoms. The first-order chi connectivity index (χ1) is 6.43. The van der Waals surface area contributed by atoms with Crippen LogP contribution in [0.3, 0.4) is 0 Å². The Labute approximate surface area is 81.1 Å². The molecule has 0 aromatic rings. The first kappa shape index (κ1) is 7.31. The Morgan fingerprint density at radius 1 is 0.538 bits per heavy atom. The Hall–Kier alpha value is 0. The molecule has 0 radical (unpaired) electrons. The van der Waals surface area contributed by atoms with E-state index in [0.717, 1.165) is 0 Å². The lowest BCUT2D eigenvalue weighted by Gasteiger charge is -2.28. The number of fused-ring (bicyclic) bond motifs is 9. The molecule has 4 aliphatic rings. The molecule has 6 atom stereocenters. The van der Waals surface area contributed by atoms with E-state index in [1.165, 1.54) is 35.5 Å². The van der Waals surface area contributed by atoms with Crippen LogP contribution >= 0.6 is 0 Å². The number of rotatable bonds is 0. The molecule has 4 aliphatic carbocycles. The smallest absolute Gasteiger partial charge is 0.0323 e. The van der Waals surface area contributed by atoms with Crippen LogP contribution in [0.15, 0.2) is 0 Å². The van der Waals surface area contributed by atoms with E-state index < -0.39 is 0 Å². The van der Waals surface area contributed by atoms with Crippen molar-refractivity contribution in [2.45, 2.75) is 44.9 Å². The SMILES string of the molecule is C1CC2CC(C1)C1C3CCC(C3)C21. The molecule has 0 N–H and O–H groups in total. The lowest BCUT2D eigenvalue weighted by molar-refractivity contribution is 0.199. The molecule has 4 saturated carbocycles. The molecule has 0 heterocycles. The lowest BCUT2D eigenvalue weighted by atomic mass is 9.77. The fraction of sp³-hybridized carbons (Fsp3) is 1.00. The Bertz CT molecular complexity index is 210.